The molecule has 0 aliphatic heterocycles. The van der Waals surface area contributed by atoms with E-state index < -0.39 is 11.8 Å². The minimum Gasteiger partial charge on any atom is -0.484 e. The van der Waals surface area contributed by atoms with Crippen LogP contribution in [0.25, 0.3) is 21.5 Å². The average molecular weight is 460 g/mol. The molecule has 0 aromatic heterocycles. The van der Waals surface area contributed by atoms with Crippen LogP contribution in [-0.4, -0.2) is 30.1 Å². The molecule has 166 valence electrons. The molecular weight excluding hydrogens is 438 g/mol. The van der Waals surface area contributed by atoms with Crippen molar-refractivity contribution in [1.29, 1.82) is 0 Å². The van der Waals surface area contributed by atoms with Crippen molar-refractivity contribution in [2.45, 2.75) is 0 Å². The largest absolute Gasteiger partial charge is 0.484 e. The van der Waals surface area contributed by atoms with E-state index in [0.29, 0.717) is 11.5 Å². The van der Waals surface area contributed by atoms with Gasteiger partial charge in [-0.3, -0.25) is 25.8 Å². The van der Waals surface area contributed by atoms with E-state index in [1.54, 1.807) is 12.1 Å². The summed E-state index contributed by atoms with van der Waals surface area (Å²) in [7, 11) is 0. The Morgan fingerprint density at radius 1 is 0.697 bits per heavy atom. The summed E-state index contributed by atoms with van der Waals surface area (Å²) in [5, 5.41) is 6.41. The van der Waals surface area contributed by atoms with Gasteiger partial charge in [-0.1, -0.05) is 66.7 Å². The zero-order chi connectivity index (χ0) is 23.0. The van der Waals surface area contributed by atoms with Crippen LogP contribution in [0.4, 0.5) is 0 Å². The van der Waals surface area contributed by atoms with Crippen LogP contribution in [0.5, 0.6) is 11.5 Å². The lowest BCUT2D eigenvalue weighted by molar-refractivity contribution is -0.124. The van der Waals surface area contributed by atoms with Gasteiger partial charge >= 0.3 is 0 Å². The molecule has 0 saturated heterocycles. The third kappa shape index (κ3) is 5.96. The Bertz CT molecular complexity index is 1320. The number of benzene rings is 4. The highest BCUT2D eigenvalue weighted by atomic mass is 32.1. The molecule has 0 heterocycles. The van der Waals surface area contributed by atoms with Gasteiger partial charge in [-0.05, 0) is 46.6 Å². The Morgan fingerprint density at radius 3 is 2.24 bits per heavy atom. The molecule has 3 N–H and O–H groups in total. The first-order valence-corrected chi connectivity index (χ1v) is 10.6. The van der Waals surface area contributed by atoms with Crippen LogP contribution >= 0.6 is 12.2 Å². The molecule has 0 fully saturated rings. The number of hydrogen-bond donors (Lipinski definition) is 3. The van der Waals surface area contributed by atoms with E-state index in [1.165, 1.54) is 0 Å². The number of hydrogen-bond acceptors (Lipinski definition) is 5. The Kier molecular flexibility index (Phi) is 6.96. The summed E-state index contributed by atoms with van der Waals surface area (Å²) in [6.07, 6.45) is 0. The number of hydrazine groups is 1. The summed E-state index contributed by atoms with van der Waals surface area (Å²) < 4.78 is 11.1. The van der Waals surface area contributed by atoms with Crippen molar-refractivity contribution in [3.05, 3.63) is 84.9 Å². The second-order valence-corrected chi connectivity index (χ2v) is 7.52. The quantitative estimate of drug-likeness (QED) is 0.302. The standard InChI is InChI=1S/C25H21N3O4S/c29-23(15-31-20-13-12-17-6-1-2-8-19(17)14-20)26-25(33)28-27-24(30)16-32-22-11-5-9-18-7-3-4-10-21(18)22/h1-14H,15-16H2,(H,27,30)(H2,26,28,29,33). The number of carbonyl (C=O) groups is 2. The number of thiocarbonyl (C=S) groups is 1. The summed E-state index contributed by atoms with van der Waals surface area (Å²) in [5.74, 6) is 0.264. The molecule has 0 radical (unpaired) electrons. The van der Waals surface area contributed by atoms with E-state index in [2.05, 4.69) is 16.2 Å². The summed E-state index contributed by atoms with van der Waals surface area (Å²) >= 11 is 5.03. The predicted octanol–water partition coefficient (Wildman–Crippen LogP) is 3.47. The Labute approximate surface area is 195 Å². The van der Waals surface area contributed by atoms with E-state index in [-0.39, 0.29) is 18.3 Å². The predicted molar refractivity (Wildman–Crippen MR) is 131 cm³/mol. The normalized spacial score (nSPS) is 10.4. The minimum absolute atomic E-state index is 0.0550. The first-order chi connectivity index (χ1) is 16.1. The molecule has 0 aliphatic carbocycles. The molecule has 0 bridgehead atoms. The van der Waals surface area contributed by atoms with Gasteiger partial charge in [0.15, 0.2) is 18.3 Å². The molecule has 33 heavy (non-hydrogen) atoms. The van der Waals surface area contributed by atoms with Crippen LogP contribution in [0, 0.1) is 0 Å². The van der Waals surface area contributed by atoms with E-state index in [0.717, 1.165) is 21.5 Å². The van der Waals surface area contributed by atoms with Crippen molar-refractivity contribution in [3.63, 3.8) is 0 Å². The zero-order valence-electron chi connectivity index (χ0n) is 17.5. The van der Waals surface area contributed by atoms with Crippen LogP contribution < -0.4 is 25.6 Å². The van der Waals surface area contributed by atoms with Crippen LogP contribution in [0.2, 0.25) is 0 Å². The topological polar surface area (TPSA) is 88.7 Å². The second-order valence-electron chi connectivity index (χ2n) is 7.11. The number of ether oxygens (including phenoxy) is 2. The van der Waals surface area contributed by atoms with Crippen molar-refractivity contribution in [1.82, 2.24) is 16.2 Å². The number of carbonyl (C=O) groups excluding carboxylic acids is 2. The fraction of sp³-hybridized carbons (Fsp3) is 0.0800. The maximum atomic E-state index is 12.1. The maximum Gasteiger partial charge on any atom is 0.276 e. The molecule has 8 heteroatoms. The Balaban J connectivity index is 1.19. The molecule has 0 aliphatic rings. The van der Waals surface area contributed by atoms with Crippen LogP contribution in [0.1, 0.15) is 0 Å². The van der Waals surface area contributed by atoms with E-state index in [9.17, 15) is 9.59 Å². The summed E-state index contributed by atoms with van der Waals surface area (Å²) in [5.41, 5.74) is 4.86. The van der Waals surface area contributed by atoms with Crippen molar-refractivity contribution >= 4 is 50.7 Å². The molecular formula is C25H21N3O4S. The summed E-state index contributed by atoms with van der Waals surface area (Å²) in [4.78, 5) is 24.1. The van der Waals surface area contributed by atoms with Gasteiger partial charge in [0.25, 0.3) is 11.8 Å². The van der Waals surface area contributed by atoms with Gasteiger partial charge in [0, 0.05) is 5.39 Å². The number of nitrogens with one attached hydrogen (secondary N) is 3. The smallest absolute Gasteiger partial charge is 0.276 e. The molecule has 4 rings (SSSR count). The van der Waals surface area contributed by atoms with Crippen LogP contribution in [0.3, 0.4) is 0 Å². The average Bonchev–Trinajstić information content (AvgIpc) is 2.84. The molecule has 0 unspecified atom stereocenters. The molecule has 4 aromatic rings. The van der Waals surface area contributed by atoms with Gasteiger partial charge in [-0.25, -0.2) is 0 Å². The summed E-state index contributed by atoms with van der Waals surface area (Å²) in [6.45, 7) is -0.444. The fourth-order valence-corrected chi connectivity index (χ4v) is 3.39. The third-order valence-corrected chi connectivity index (χ3v) is 4.97. The first kappa shape index (κ1) is 22.0. The maximum absolute atomic E-state index is 12.1. The Hall–Kier alpha value is -4.17. The van der Waals surface area contributed by atoms with Gasteiger partial charge in [0.05, 0.1) is 0 Å². The van der Waals surface area contributed by atoms with Crippen LogP contribution in [-0.2, 0) is 9.59 Å². The van der Waals surface area contributed by atoms with Gasteiger partial charge in [0.1, 0.15) is 11.5 Å². The highest BCUT2D eigenvalue weighted by molar-refractivity contribution is 7.80. The monoisotopic (exact) mass is 459 g/mol. The van der Waals surface area contributed by atoms with E-state index in [1.807, 2.05) is 72.8 Å². The lowest BCUT2D eigenvalue weighted by Gasteiger charge is -2.12. The SMILES string of the molecule is O=C(COc1cccc2ccccc12)NNC(=S)NC(=O)COc1ccc2ccccc2c1. The highest BCUT2D eigenvalue weighted by Gasteiger charge is 2.09. The van der Waals surface area contributed by atoms with Crippen molar-refractivity contribution < 1.29 is 19.1 Å². The molecule has 0 spiro atoms. The molecule has 4 aromatic carbocycles. The van der Waals surface area contributed by atoms with Gasteiger partial charge in [0.2, 0.25) is 0 Å². The number of amides is 2. The number of rotatable bonds is 6. The number of fused-ring (bicyclic) bond motifs is 2. The highest BCUT2D eigenvalue weighted by Crippen LogP contribution is 2.25. The lowest BCUT2D eigenvalue weighted by atomic mass is 10.1. The molecule has 2 amide bonds. The van der Waals surface area contributed by atoms with Crippen molar-refractivity contribution in [3.8, 4) is 11.5 Å². The molecule has 0 atom stereocenters. The molecule has 7 nitrogen and oxygen atoms in total. The third-order valence-electron chi connectivity index (χ3n) is 4.77. The van der Waals surface area contributed by atoms with Crippen molar-refractivity contribution in [2.75, 3.05) is 13.2 Å². The van der Waals surface area contributed by atoms with E-state index >= 15 is 0 Å². The first-order valence-electron chi connectivity index (χ1n) is 10.2. The van der Waals surface area contributed by atoms with Gasteiger partial charge in [-0.2, -0.15) is 0 Å². The molecule has 0 saturated carbocycles. The zero-order valence-corrected chi connectivity index (χ0v) is 18.4. The minimum atomic E-state index is -0.457. The fourth-order valence-electron chi connectivity index (χ4n) is 3.23. The Morgan fingerprint density at radius 2 is 1.39 bits per heavy atom. The van der Waals surface area contributed by atoms with Crippen molar-refractivity contribution in [2.24, 2.45) is 0 Å². The van der Waals surface area contributed by atoms with Gasteiger partial charge < -0.3 is 9.47 Å². The summed E-state index contributed by atoms with van der Waals surface area (Å²) in [6, 6.07) is 26.8. The van der Waals surface area contributed by atoms with Crippen LogP contribution in [0.15, 0.2) is 84.9 Å². The second kappa shape index (κ2) is 10.4. The van der Waals surface area contributed by atoms with Gasteiger partial charge in [-0.15, -0.1) is 0 Å². The van der Waals surface area contributed by atoms with E-state index in [4.69, 9.17) is 21.7 Å². The lowest BCUT2D eigenvalue weighted by Crippen LogP contribution is -2.50.